The number of halogens is 1. The normalized spacial score (nSPS) is 10.9. The maximum atomic E-state index is 11.7. The molecule has 0 aliphatic heterocycles. The van der Waals surface area contributed by atoms with Crippen LogP contribution in [0.25, 0.3) is 11.4 Å². The van der Waals surface area contributed by atoms with Crippen molar-refractivity contribution in [1.82, 2.24) is 20.2 Å². The highest BCUT2D eigenvalue weighted by atomic mass is 35.5. The summed E-state index contributed by atoms with van der Waals surface area (Å²) in [6.45, 7) is 4.74. The summed E-state index contributed by atoms with van der Waals surface area (Å²) < 4.78 is 1.35. The molecule has 1 aromatic heterocycles. The highest BCUT2D eigenvalue weighted by molar-refractivity contribution is 7.99. The number of nitrogens with one attached hydrogen (secondary N) is 1. The Labute approximate surface area is 138 Å². The van der Waals surface area contributed by atoms with Crippen molar-refractivity contribution in [3.63, 3.8) is 0 Å². The van der Waals surface area contributed by atoms with Crippen molar-refractivity contribution >= 4 is 29.3 Å². The molecule has 0 radical (unpaired) electrons. The van der Waals surface area contributed by atoms with Gasteiger partial charge in [0, 0.05) is 12.1 Å². The van der Waals surface area contributed by atoms with Crippen LogP contribution >= 0.6 is 23.4 Å². The van der Waals surface area contributed by atoms with Gasteiger partial charge in [0.15, 0.2) is 5.82 Å². The molecule has 0 atom stereocenters. The molecular weight excluding hydrogens is 322 g/mol. The van der Waals surface area contributed by atoms with E-state index in [1.165, 1.54) is 16.4 Å². The SMILES string of the molecule is CC(C)CNC(=O)CSc1nnc(-c2ccccc2Cl)n1N. The van der Waals surface area contributed by atoms with E-state index < -0.39 is 0 Å². The average molecular weight is 340 g/mol. The van der Waals surface area contributed by atoms with Gasteiger partial charge in [0.1, 0.15) is 0 Å². The summed E-state index contributed by atoms with van der Waals surface area (Å²) in [5.74, 6) is 7.06. The van der Waals surface area contributed by atoms with Crippen LogP contribution in [0.4, 0.5) is 0 Å². The fourth-order valence-electron chi connectivity index (χ4n) is 1.70. The molecule has 2 rings (SSSR count). The van der Waals surface area contributed by atoms with Gasteiger partial charge in [-0.15, -0.1) is 10.2 Å². The number of nitrogens with zero attached hydrogens (tertiary/aromatic N) is 3. The Morgan fingerprint density at radius 2 is 2.14 bits per heavy atom. The van der Waals surface area contributed by atoms with E-state index in [0.717, 1.165) is 0 Å². The van der Waals surface area contributed by atoms with E-state index in [1.54, 1.807) is 6.07 Å². The van der Waals surface area contributed by atoms with Gasteiger partial charge >= 0.3 is 0 Å². The fourth-order valence-corrected chi connectivity index (χ4v) is 2.61. The zero-order valence-corrected chi connectivity index (χ0v) is 14.0. The van der Waals surface area contributed by atoms with Crippen molar-refractivity contribution in [2.75, 3.05) is 18.1 Å². The van der Waals surface area contributed by atoms with Crippen LogP contribution in [-0.4, -0.2) is 33.1 Å². The number of amides is 1. The molecule has 1 aromatic carbocycles. The van der Waals surface area contributed by atoms with E-state index in [1.807, 2.05) is 32.0 Å². The molecule has 0 saturated heterocycles. The molecule has 0 fully saturated rings. The van der Waals surface area contributed by atoms with Gasteiger partial charge in [-0.3, -0.25) is 4.79 Å². The molecule has 0 bridgehead atoms. The number of rotatable bonds is 6. The predicted octanol–water partition coefficient (Wildman–Crippen LogP) is 2.18. The van der Waals surface area contributed by atoms with Gasteiger partial charge in [-0.05, 0) is 18.1 Å². The van der Waals surface area contributed by atoms with Crippen LogP contribution in [-0.2, 0) is 4.79 Å². The molecule has 3 N–H and O–H groups in total. The summed E-state index contributed by atoms with van der Waals surface area (Å²) in [5.41, 5.74) is 0.704. The molecule has 1 amide bonds. The maximum absolute atomic E-state index is 11.7. The largest absolute Gasteiger partial charge is 0.355 e. The lowest BCUT2D eigenvalue weighted by atomic mass is 10.2. The topological polar surface area (TPSA) is 85.8 Å². The van der Waals surface area contributed by atoms with Crippen molar-refractivity contribution in [2.24, 2.45) is 5.92 Å². The second kappa shape index (κ2) is 7.51. The number of aromatic nitrogens is 3. The van der Waals surface area contributed by atoms with Crippen molar-refractivity contribution in [3.05, 3.63) is 29.3 Å². The van der Waals surface area contributed by atoms with Gasteiger partial charge in [-0.1, -0.05) is 49.3 Å². The third-order valence-corrected chi connectivity index (χ3v) is 4.09. The number of hydrogen-bond acceptors (Lipinski definition) is 5. The third kappa shape index (κ3) is 4.14. The molecule has 0 aliphatic rings. The molecule has 8 heteroatoms. The number of nitrogen functional groups attached to an aromatic ring is 1. The number of thioether (sulfide) groups is 1. The molecule has 2 aromatic rings. The Morgan fingerprint density at radius 1 is 1.41 bits per heavy atom. The highest BCUT2D eigenvalue weighted by Gasteiger charge is 2.15. The summed E-state index contributed by atoms with van der Waals surface area (Å²) >= 11 is 7.37. The van der Waals surface area contributed by atoms with E-state index in [0.29, 0.717) is 34.0 Å². The first-order chi connectivity index (χ1) is 10.5. The molecule has 0 aliphatic carbocycles. The first kappa shape index (κ1) is 16.6. The molecule has 0 unspecified atom stereocenters. The Kier molecular flexibility index (Phi) is 5.68. The van der Waals surface area contributed by atoms with E-state index in [2.05, 4.69) is 15.5 Å². The molecule has 22 heavy (non-hydrogen) atoms. The third-order valence-electron chi connectivity index (χ3n) is 2.82. The van der Waals surface area contributed by atoms with Crippen molar-refractivity contribution in [3.8, 4) is 11.4 Å². The quantitative estimate of drug-likeness (QED) is 0.622. The van der Waals surface area contributed by atoms with Crippen LogP contribution in [0, 0.1) is 5.92 Å². The van der Waals surface area contributed by atoms with E-state index >= 15 is 0 Å². The number of nitrogens with two attached hydrogens (primary N) is 1. The van der Waals surface area contributed by atoms with Crippen molar-refractivity contribution in [1.29, 1.82) is 0 Å². The van der Waals surface area contributed by atoms with Gasteiger partial charge < -0.3 is 11.2 Å². The maximum Gasteiger partial charge on any atom is 0.230 e. The number of benzene rings is 1. The second-order valence-electron chi connectivity index (χ2n) is 5.14. The lowest BCUT2D eigenvalue weighted by Crippen LogP contribution is -2.29. The minimum absolute atomic E-state index is 0.0546. The van der Waals surface area contributed by atoms with Crippen LogP contribution in [0.2, 0.25) is 5.02 Å². The summed E-state index contributed by atoms with van der Waals surface area (Å²) in [5, 5.41) is 11.9. The predicted molar refractivity (Wildman–Crippen MR) is 89.2 cm³/mol. The Balaban J connectivity index is 2.03. The first-order valence-electron chi connectivity index (χ1n) is 6.84. The number of carbonyl (C=O) groups excluding carboxylic acids is 1. The molecule has 118 valence electrons. The first-order valence-corrected chi connectivity index (χ1v) is 8.20. The Bertz CT molecular complexity index is 658. The van der Waals surface area contributed by atoms with Crippen LogP contribution in [0.1, 0.15) is 13.8 Å². The number of hydrogen-bond donors (Lipinski definition) is 2. The van der Waals surface area contributed by atoms with Gasteiger partial charge in [-0.25, -0.2) is 4.68 Å². The Hall–Kier alpha value is -1.73. The van der Waals surface area contributed by atoms with Crippen LogP contribution in [0.3, 0.4) is 0 Å². The number of carbonyl (C=O) groups is 1. The lowest BCUT2D eigenvalue weighted by Gasteiger charge is -2.07. The summed E-state index contributed by atoms with van der Waals surface area (Å²) in [6.07, 6.45) is 0. The van der Waals surface area contributed by atoms with Gasteiger partial charge in [0.05, 0.1) is 10.8 Å². The monoisotopic (exact) mass is 339 g/mol. The molecular formula is C14H18ClN5OS. The fraction of sp³-hybridized carbons (Fsp3) is 0.357. The van der Waals surface area contributed by atoms with Crippen LogP contribution in [0.15, 0.2) is 29.4 Å². The minimum atomic E-state index is -0.0546. The zero-order valence-electron chi connectivity index (χ0n) is 12.4. The molecule has 0 saturated carbocycles. The van der Waals surface area contributed by atoms with Gasteiger partial charge in [0.25, 0.3) is 0 Å². The van der Waals surface area contributed by atoms with E-state index in [-0.39, 0.29) is 11.7 Å². The standard InChI is InChI=1S/C14H18ClN5OS/c1-9(2)7-17-12(21)8-22-14-19-18-13(20(14)16)10-5-3-4-6-11(10)15/h3-6,9H,7-8,16H2,1-2H3,(H,17,21). The highest BCUT2D eigenvalue weighted by Crippen LogP contribution is 2.27. The average Bonchev–Trinajstić information content (AvgIpc) is 2.84. The van der Waals surface area contributed by atoms with Crippen molar-refractivity contribution in [2.45, 2.75) is 19.0 Å². The van der Waals surface area contributed by atoms with Crippen LogP contribution < -0.4 is 11.2 Å². The van der Waals surface area contributed by atoms with E-state index in [9.17, 15) is 4.79 Å². The Morgan fingerprint density at radius 3 is 2.82 bits per heavy atom. The van der Waals surface area contributed by atoms with Crippen molar-refractivity contribution < 1.29 is 4.79 Å². The van der Waals surface area contributed by atoms with Gasteiger partial charge in [0.2, 0.25) is 11.1 Å². The summed E-state index contributed by atoms with van der Waals surface area (Å²) in [7, 11) is 0. The summed E-state index contributed by atoms with van der Waals surface area (Å²) in [6, 6.07) is 7.26. The molecule has 1 heterocycles. The van der Waals surface area contributed by atoms with Gasteiger partial charge in [-0.2, -0.15) is 0 Å². The molecule has 6 nitrogen and oxygen atoms in total. The second-order valence-corrected chi connectivity index (χ2v) is 6.49. The molecule has 0 spiro atoms. The minimum Gasteiger partial charge on any atom is -0.355 e. The van der Waals surface area contributed by atoms with E-state index in [4.69, 9.17) is 17.4 Å². The zero-order chi connectivity index (χ0) is 16.1. The summed E-state index contributed by atoms with van der Waals surface area (Å²) in [4.78, 5) is 11.7. The smallest absolute Gasteiger partial charge is 0.230 e. The van der Waals surface area contributed by atoms with Crippen LogP contribution in [0.5, 0.6) is 0 Å². The lowest BCUT2D eigenvalue weighted by molar-refractivity contribution is -0.118.